The Labute approximate surface area is 209 Å². The van der Waals surface area contributed by atoms with Crippen molar-refractivity contribution < 1.29 is 59.5 Å². The molecule has 0 aromatic rings. The molecule has 0 aromatic carbocycles. The third kappa shape index (κ3) is 5.89. The number of aliphatic hydroxyl groups excluding tert-OH is 6. The van der Waals surface area contributed by atoms with Crippen LogP contribution in [0.2, 0.25) is 0 Å². The summed E-state index contributed by atoms with van der Waals surface area (Å²) in [6.45, 7) is 6.17. The van der Waals surface area contributed by atoms with Crippen molar-refractivity contribution in [2.45, 2.75) is 101 Å². The molecule has 2 fully saturated rings. The van der Waals surface area contributed by atoms with Crippen LogP contribution >= 0.6 is 0 Å². The maximum atomic E-state index is 11.9. The molecule has 206 valence electrons. The van der Waals surface area contributed by atoms with E-state index < -0.39 is 79.0 Å². The first kappa shape index (κ1) is 29.3. The smallest absolute Gasteiger partial charge is 0.187 e. The molecule has 0 aromatic heterocycles. The molecule has 12 nitrogen and oxygen atoms in total. The van der Waals surface area contributed by atoms with E-state index in [1.54, 1.807) is 33.8 Å². The molecule has 2 saturated heterocycles. The molecular weight excluding hydrogens is 480 g/mol. The summed E-state index contributed by atoms with van der Waals surface area (Å²) in [5.74, 6) is -0.0729. The van der Waals surface area contributed by atoms with Crippen LogP contribution in [-0.2, 0) is 23.7 Å². The minimum Gasteiger partial charge on any atom is -0.388 e. The number of hydrogen-bond acceptors (Lipinski definition) is 12. The van der Waals surface area contributed by atoms with Gasteiger partial charge in [-0.1, -0.05) is 19.9 Å². The van der Waals surface area contributed by atoms with E-state index in [-0.39, 0.29) is 18.8 Å². The van der Waals surface area contributed by atoms with Gasteiger partial charge in [0.05, 0.1) is 19.3 Å². The molecule has 3 rings (SSSR count). The minimum absolute atomic E-state index is 0.0729. The number of rotatable bonds is 7. The maximum absolute atomic E-state index is 11.9. The molecule has 3 aliphatic rings. The van der Waals surface area contributed by atoms with Crippen LogP contribution in [0.4, 0.5) is 0 Å². The highest BCUT2D eigenvalue weighted by atomic mass is 16.7. The zero-order valence-electron chi connectivity index (χ0n) is 20.8. The second kappa shape index (κ2) is 11.2. The predicted molar refractivity (Wildman–Crippen MR) is 122 cm³/mol. The van der Waals surface area contributed by atoms with E-state index in [0.29, 0.717) is 5.57 Å². The Hall–Kier alpha value is -1.29. The van der Waals surface area contributed by atoms with Crippen molar-refractivity contribution in [2.75, 3.05) is 13.2 Å². The van der Waals surface area contributed by atoms with E-state index in [2.05, 4.69) is 0 Å². The molecule has 2 heterocycles. The van der Waals surface area contributed by atoms with Crippen LogP contribution in [0.15, 0.2) is 23.8 Å². The van der Waals surface area contributed by atoms with Gasteiger partial charge in [0.15, 0.2) is 18.4 Å². The zero-order valence-corrected chi connectivity index (χ0v) is 20.8. The van der Waals surface area contributed by atoms with E-state index in [1.807, 2.05) is 0 Å². The summed E-state index contributed by atoms with van der Waals surface area (Å²) in [7, 11) is 0. The summed E-state index contributed by atoms with van der Waals surface area (Å²) < 4.78 is 21.9. The summed E-state index contributed by atoms with van der Waals surface area (Å²) in [4.78, 5) is 11.9. The van der Waals surface area contributed by atoms with Gasteiger partial charge in [0.1, 0.15) is 48.3 Å². The van der Waals surface area contributed by atoms with Crippen molar-refractivity contribution in [3.63, 3.8) is 0 Å². The molecule has 0 spiro atoms. The first-order valence-electron chi connectivity index (χ1n) is 11.9. The zero-order chi connectivity index (χ0) is 27.0. The van der Waals surface area contributed by atoms with Crippen molar-refractivity contribution in [1.82, 2.24) is 0 Å². The summed E-state index contributed by atoms with van der Waals surface area (Å²) in [6.07, 6.45) is -9.09. The van der Waals surface area contributed by atoms with Gasteiger partial charge in [-0.3, -0.25) is 4.79 Å². The average Bonchev–Trinajstić information content (AvgIpc) is 2.80. The third-order valence-corrected chi connectivity index (χ3v) is 7.13. The lowest BCUT2D eigenvalue weighted by molar-refractivity contribution is -0.324. The fourth-order valence-electron chi connectivity index (χ4n) is 4.68. The van der Waals surface area contributed by atoms with Gasteiger partial charge in [-0.05, 0) is 31.6 Å². The van der Waals surface area contributed by atoms with Crippen molar-refractivity contribution in [3.05, 3.63) is 23.8 Å². The molecule has 0 bridgehead atoms. The number of ketones is 1. The van der Waals surface area contributed by atoms with Gasteiger partial charge in [-0.25, -0.2) is 0 Å². The van der Waals surface area contributed by atoms with Gasteiger partial charge < -0.3 is 54.7 Å². The number of aliphatic hydroxyl groups is 7. The molecular formula is C24H38O12. The Morgan fingerprint density at radius 2 is 1.69 bits per heavy atom. The topological polar surface area (TPSA) is 196 Å². The highest BCUT2D eigenvalue weighted by Gasteiger charge is 2.48. The molecule has 2 aliphatic heterocycles. The van der Waals surface area contributed by atoms with E-state index in [0.717, 1.165) is 0 Å². The van der Waals surface area contributed by atoms with Crippen LogP contribution in [0.1, 0.15) is 34.1 Å². The molecule has 0 amide bonds. The number of carbonyl (C=O) groups excluding carboxylic acids is 1. The summed E-state index contributed by atoms with van der Waals surface area (Å²) in [6, 6.07) is 0. The standard InChI is InChI=1S/C24H38O12/c1-11-7-13(25)8-23(3,4)24(11,32)6-5-12(2)35-22-20(31)18(29)17(28)15(36-22)10-34-21-19(30)16(27)14(26)9-33-21/h5-7,12,14-22,26-32H,8-10H2,1-4H3. The monoisotopic (exact) mass is 518 g/mol. The second-order valence-electron chi connectivity index (χ2n) is 10.4. The van der Waals surface area contributed by atoms with Crippen molar-refractivity contribution in [2.24, 2.45) is 5.41 Å². The van der Waals surface area contributed by atoms with Crippen molar-refractivity contribution >= 4 is 5.78 Å². The Morgan fingerprint density at radius 1 is 1.06 bits per heavy atom. The van der Waals surface area contributed by atoms with E-state index in [1.165, 1.54) is 12.2 Å². The SMILES string of the molecule is CC1=CC(=O)CC(C)(C)C1(O)C=CC(C)OC1OC(COC2OCC(O)C(O)C2O)C(O)C(O)C1O. The molecule has 11 atom stereocenters. The van der Waals surface area contributed by atoms with Gasteiger partial charge in [0, 0.05) is 11.8 Å². The fourth-order valence-corrected chi connectivity index (χ4v) is 4.68. The van der Waals surface area contributed by atoms with Crippen molar-refractivity contribution in [3.8, 4) is 0 Å². The Balaban J connectivity index is 1.64. The molecule has 36 heavy (non-hydrogen) atoms. The molecule has 0 radical (unpaired) electrons. The lowest BCUT2D eigenvalue weighted by Gasteiger charge is -2.44. The predicted octanol–water partition coefficient (Wildman–Crippen LogP) is -2.11. The lowest BCUT2D eigenvalue weighted by Crippen LogP contribution is -2.60. The van der Waals surface area contributed by atoms with Gasteiger partial charge in [0.25, 0.3) is 0 Å². The number of hydrogen-bond donors (Lipinski definition) is 7. The molecule has 1 aliphatic carbocycles. The van der Waals surface area contributed by atoms with Crippen LogP contribution in [0, 0.1) is 5.41 Å². The lowest BCUT2D eigenvalue weighted by atomic mass is 9.64. The molecule has 7 N–H and O–H groups in total. The second-order valence-corrected chi connectivity index (χ2v) is 10.4. The molecule has 11 unspecified atom stereocenters. The highest BCUT2D eigenvalue weighted by Crippen LogP contribution is 2.44. The van der Waals surface area contributed by atoms with Gasteiger partial charge >= 0.3 is 0 Å². The Bertz CT molecular complexity index is 843. The Kier molecular flexibility index (Phi) is 9.12. The van der Waals surface area contributed by atoms with Crippen molar-refractivity contribution in [1.29, 1.82) is 0 Å². The van der Waals surface area contributed by atoms with E-state index >= 15 is 0 Å². The fraction of sp³-hybridized carbons (Fsp3) is 0.792. The number of ether oxygens (including phenoxy) is 4. The summed E-state index contributed by atoms with van der Waals surface area (Å²) in [5.41, 5.74) is -1.69. The van der Waals surface area contributed by atoms with Gasteiger partial charge in [-0.2, -0.15) is 0 Å². The average molecular weight is 519 g/mol. The molecule has 12 heteroatoms. The minimum atomic E-state index is -1.64. The van der Waals surface area contributed by atoms with E-state index in [9.17, 15) is 40.5 Å². The van der Waals surface area contributed by atoms with Gasteiger partial charge in [-0.15, -0.1) is 0 Å². The Morgan fingerprint density at radius 3 is 2.33 bits per heavy atom. The van der Waals surface area contributed by atoms with Crippen LogP contribution < -0.4 is 0 Å². The largest absolute Gasteiger partial charge is 0.388 e. The number of carbonyl (C=O) groups is 1. The third-order valence-electron chi connectivity index (χ3n) is 7.13. The molecule has 0 saturated carbocycles. The van der Waals surface area contributed by atoms with Crippen LogP contribution in [0.5, 0.6) is 0 Å². The van der Waals surface area contributed by atoms with Crippen LogP contribution in [0.3, 0.4) is 0 Å². The van der Waals surface area contributed by atoms with Crippen LogP contribution in [0.25, 0.3) is 0 Å². The summed E-state index contributed by atoms with van der Waals surface area (Å²) >= 11 is 0. The van der Waals surface area contributed by atoms with Gasteiger partial charge in [0.2, 0.25) is 0 Å². The first-order chi connectivity index (χ1) is 16.7. The number of allylic oxidation sites excluding steroid dienone is 1. The summed E-state index contributed by atoms with van der Waals surface area (Å²) in [5, 5.41) is 71.6. The van der Waals surface area contributed by atoms with E-state index in [4.69, 9.17) is 18.9 Å². The first-order valence-corrected chi connectivity index (χ1v) is 11.9. The maximum Gasteiger partial charge on any atom is 0.187 e. The van der Waals surface area contributed by atoms with Crippen LogP contribution in [-0.4, -0.2) is 122 Å². The highest BCUT2D eigenvalue weighted by molar-refractivity contribution is 5.92. The quantitative estimate of drug-likeness (QED) is 0.181. The normalized spacial score (nSPS) is 44.5.